The Morgan fingerprint density at radius 2 is 1.81 bits per heavy atom. The van der Waals surface area contributed by atoms with Gasteiger partial charge in [-0.2, -0.15) is 0 Å². The predicted molar refractivity (Wildman–Crippen MR) is 195 cm³/mol. The smallest absolute Gasteiger partial charge is 0.255 e. The second kappa shape index (κ2) is 15.3. The Balaban J connectivity index is 1.15. The molecule has 0 saturated carbocycles. The van der Waals surface area contributed by atoms with Crippen molar-refractivity contribution in [2.75, 3.05) is 19.6 Å². The molecule has 1 unspecified atom stereocenters. The molecule has 5 aromatic rings. The summed E-state index contributed by atoms with van der Waals surface area (Å²) in [5.41, 5.74) is 10.4. The van der Waals surface area contributed by atoms with Crippen molar-refractivity contribution in [3.63, 3.8) is 0 Å². The van der Waals surface area contributed by atoms with E-state index in [4.69, 9.17) is 4.98 Å². The fourth-order valence-electron chi connectivity index (χ4n) is 6.45. The van der Waals surface area contributed by atoms with Crippen LogP contribution in [0, 0.1) is 13.8 Å². The molecule has 1 aliphatic rings. The second-order valence-corrected chi connectivity index (χ2v) is 12.9. The number of carbonyl (C=O) groups is 1. The Hall–Kier alpha value is -4.88. The SMILES string of the molecule is CCC(C)c1cc(Cn2c(C)nc3cnccc32)ccc1C(=O)NC=CCc1cccc(C(=CCN2CCCC2)c2ccc(C)cc2)n1. The molecular formula is C41H46N6O. The van der Waals surface area contributed by atoms with Crippen LogP contribution in [0.15, 0.2) is 97.5 Å². The van der Waals surface area contributed by atoms with Crippen LogP contribution in [0.25, 0.3) is 16.6 Å². The third-order valence-electron chi connectivity index (χ3n) is 9.44. The monoisotopic (exact) mass is 638 g/mol. The Labute approximate surface area is 284 Å². The molecular weight excluding hydrogens is 592 g/mol. The van der Waals surface area contributed by atoms with Gasteiger partial charge in [-0.15, -0.1) is 0 Å². The van der Waals surface area contributed by atoms with Crippen LogP contribution in [-0.2, 0) is 13.0 Å². The highest BCUT2D eigenvalue weighted by molar-refractivity contribution is 5.96. The van der Waals surface area contributed by atoms with Gasteiger partial charge in [0.25, 0.3) is 5.91 Å². The summed E-state index contributed by atoms with van der Waals surface area (Å²) in [5.74, 6) is 1.09. The standard InChI is InChI=1S/C41H46N6O/c1-5-30(3)37-26-32(28-47-31(4)44-39-27-42-22-19-40(39)47)15-18-36(37)41(48)43-21-9-11-34-10-8-12-38(45-34)35(20-25-46-23-6-7-24-46)33-16-13-29(2)14-17-33/h8-10,12-22,26-27,30H,5-7,11,23-25,28H2,1-4H3,(H,43,48). The third kappa shape index (κ3) is 7.80. The van der Waals surface area contributed by atoms with Crippen LogP contribution in [0.1, 0.15) is 88.9 Å². The van der Waals surface area contributed by atoms with E-state index >= 15 is 0 Å². The molecule has 1 atom stereocenters. The fourth-order valence-corrected chi connectivity index (χ4v) is 6.45. The number of aromatic nitrogens is 4. The van der Waals surface area contributed by atoms with Crippen molar-refractivity contribution < 1.29 is 4.79 Å². The number of pyridine rings is 2. The number of hydrogen-bond donors (Lipinski definition) is 1. The molecule has 1 saturated heterocycles. The van der Waals surface area contributed by atoms with Gasteiger partial charge in [-0.1, -0.05) is 74.0 Å². The van der Waals surface area contributed by atoms with E-state index in [9.17, 15) is 4.79 Å². The highest BCUT2D eigenvalue weighted by atomic mass is 16.1. The topological polar surface area (TPSA) is 75.9 Å². The maximum absolute atomic E-state index is 13.4. The molecule has 48 heavy (non-hydrogen) atoms. The van der Waals surface area contributed by atoms with Gasteiger partial charge in [-0.05, 0) is 93.1 Å². The Bertz CT molecular complexity index is 1930. The average molecular weight is 639 g/mol. The molecule has 6 rings (SSSR count). The van der Waals surface area contributed by atoms with Gasteiger partial charge in [-0.3, -0.25) is 19.7 Å². The zero-order chi connectivity index (χ0) is 33.5. The minimum absolute atomic E-state index is 0.100. The van der Waals surface area contributed by atoms with Crippen molar-refractivity contribution in [2.45, 2.75) is 65.8 Å². The lowest BCUT2D eigenvalue weighted by molar-refractivity contribution is 0.0968. The first kappa shape index (κ1) is 33.0. The van der Waals surface area contributed by atoms with Crippen LogP contribution < -0.4 is 5.32 Å². The highest BCUT2D eigenvalue weighted by Crippen LogP contribution is 2.27. The van der Waals surface area contributed by atoms with Gasteiger partial charge in [0.15, 0.2) is 0 Å². The molecule has 0 aliphatic carbocycles. The van der Waals surface area contributed by atoms with Gasteiger partial charge in [0.2, 0.25) is 0 Å². The predicted octanol–water partition coefficient (Wildman–Crippen LogP) is 8.02. The van der Waals surface area contributed by atoms with Gasteiger partial charge in [0, 0.05) is 48.7 Å². The van der Waals surface area contributed by atoms with E-state index in [2.05, 4.69) is 100 Å². The largest absolute Gasteiger partial charge is 0.329 e. The summed E-state index contributed by atoms with van der Waals surface area (Å²) in [7, 11) is 0. The molecule has 0 spiro atoms. The normalized spacial score (nSPS) is 14.6. The summed E-state index contributed by atoms with van der Waals surface area (Å²) in [6.45, 7) is 12.4. The van der Waals surface area contributed by atoms with E-state index in [1.54, 1.807) is 18.6 Å². The number of likely N-dealkylation sites (tertiary alicyclic amines) is 1. The number of imidazole rings is 1. The number of nitrogens with zero attached hydrogens (tertiary/aromatic N) is 5. The molecule has 0 radical (unpaired) electrons. The number of amides is 1. The number of nitrogens with one attached hydrogen (secondary N) is 1. The van der Waals surface area contributed by atoms with Crippen molar-refractivity contribution in [2.24, 2.45) is 0 Å². The molecule has 0 bridgehead atoms. The van der Waals surface area contributed by atoms with E-state index in [0.29, 0.717) is 18.5 Å². The zero-order valence-corrected chi connectivity index (χ0v) is 28.6. The van der Waals surface area contributed by atoms with Gasteiger partial charge in [0.1, 0.15) is 11.3 Å². The van der Waals surface area contributed by atoms with Crippen molar-refractivity contribution >= 4 is 22.5 Å². The molecule has 1 aliphatic heterocycles. The van der Waals surface area contributed by atoms with Crippen molar-refractivity contribution in [3.8, 4) is 0 Å². The van der Waals surface area contributed by atoms with Crippen molar-refractivity contribution in [3.05, 3.63) is 143 Å². The van der Waals surface area contributed by atoms with Crippen LogP contribution in [0.3, 0.4) is 0 Å². The van der Waals surface area contributed by atoms with E-state index < -0.39 is 0 Å². The van der Waals surface area contributed by atoms with Crippen LogP contribution in [0.4, 0.5) is 0 Å². The minimum atomic E-state index is -0.100. The Morgan fingerprint density at radius 3 is 2.60 bits per heavy atom. The van der Waals surface area contributed by atoms with Crippen LogP contribution >= 0.6 is 0 Å². The zero-order valence-electron chi connectivity index (χ0n) is 28.6. The van der Waals surface area contributed by atoms with E-state index in [0.717, 1.165) is 71.0 Å². The summed E-state index contributed by atoms with van der Waals surface area (Å²) in [6, 6.07) is 23.1. The van der Waals surface area contributed by atoms with Crippen molar-refractivity contribution in [1.82, 2.24) is 29.7 Å². The third-order valence-corrected chi connectivity index (χ3v) is 9.44. The summed E-state index contributed by atoms with van der Waals surface area (Å²) in [4.78, 5) is 29.9. The van der Waals surface area contributed by atoms with Crippen LogP contribution in [0.5, 0.6) is 0 Å². The van der Waals surface area contributed by atoms with Crippen LogP contribution in [-0.4, -0.2) is 50.0 Å². The van der Waals surface area contributed by atoms with Gasteiger partial charge >= 0.3 is 0 Å². The molecule has 2 aromatic carbocycles. The lowest BCUT2D eigenvalue weighted by Crippen LogP contribution is -2.20. The number of allylic oxidation sites excluding steroid dienone is 1. The van der Waals surface area contributed by atoms with E-state index in [1.165, 1.54) is 24.0 Å². The molecule has 1 fully saturated rings. The van der Waals surface area contributed by atoms with Crippen LogP contribution in [0.2, 0.25) is 0 Å². The summed E-state index contributed by atoms with van der Waals surface area (Å²) < 4.78 is 2.20. The maximum Gasteiger partial charge on any atom is 0.255 e. The lowest BCUT2D eigenvalue weighted by atomic mass is 9.91. The molecule has 7 heteroatoms. The number of hydrogen-bond acceptors (Lipinski definition) is 5. The summed E-state index contributed by atoms with van der Waals surface area (Å²) in [6.07, 6.45) is 13.8. The van der Waals surface area contributed by atoms with Gasteiger partial charge < -0.3 is 9.88 Å². The summed E-state index contributed by atoms with van der Waals surface area (Å²) in [5, 5.41) is 3.02. The van der Waals surface area contributed by atoms with Gasteiger partial charge in [0.05, 0.1) is 17.4 Å². The quantitative estimate of drug-likeness (QED) is 0.150. The molecule has 1 amide bonds. The molecule has 7 nitrogen and oxygen atoms in total. The first-order valence-corrected chi connectivity index (χ1v) is 17.2. The lowest BCUT2D eigenvalue weighted by Gasteiger charge is -2.17. The first-order chi connectivity index (χ1) is 23.4. The number of rotatable bonds is 12. The van der Waals surface area contributed by atoms with Gasteiger partial charge in [-0.25, -0.2) is 4.98 Å². The first-order valence-electron chi connectivity index (χ1n) is 17.2. The molecule has 1 N–H and O–H groups in total. The number of fused-ring (bicyclic) bond motifs is 1. The Morgan fingerprint density at radius 1 is 1.00 bits per heavy atom. The average Bonchev–Trinajstić information content (AvgIpc) is 3.74. The second-order valence-electron chi connectivity index (χ2n) is 12.9. The molecule has 246 valence electrons. The fraction of sp³-hybridized carbons (Fsp3) is 0.317. The highest BCUT2D eigenvalue weighted by Gasteiger charge is 2.17. The number of carbonyl (C=O) groups excluding carboxylic acids is 1. The number of aryl methyl sites for hydroxylation is 2. The maximum atomic E-state index is 13.4. The van der Waals surface area contributed by atoms with Crippen molar-refractivity contribution in [1.29, 1.82) is 0 Å². The molecule has 3 aromatic heterocycles. The van der Waals surface area contributed by atoms with E-state index in [1.807, 2.05) is 31.2 Å². The minimum Gasteiger partial charge on any atom is -0.329 e. The number of benzene rings is 2. The summed E-state index contributed by atoms with van der Waals surface area (Å²) >= 11 is 0. The Kier molecular flexibility index (Phi) is 10.6. The molecule has 4 heterocycles. The van der Waals surface area contributed by atoms with E-state index in [-0.39, 0.29) is 11.8 Å².